The monoisotopic (exact) mass is 296 g/mol. The first-order valence-electron chi connectivity index (χ1n) is 7.67. The third-order valence-corrected chi connectivity index (χ3v) is 3.84. The molecule has 1 heterocycles. The molecule has 1 N–H and O–H groups in total. The summed E-state index contributed by atoms with van der Waals surface area (Å²) in [4.78, 5) is 8.20. The first-order chi connectivity index (χ1) is 11.4. The maximum absolute atomic E-state index is 4.76. The van der Waals surface area contributed by atoms with Gasteiger partial charge in [-0.25, -0.2) is 4.98 Å². The topological polar surface area (TPSA) is 28.7 Å². The molecule has 4 rings (SSSR count). The summed E-state index contributed by atoms with van der Waals surface area (Å²) in [6.45, 7) is 0. The number of fused-ring (bicyclic) bond motifs is 1. The van der Waals surface area contributed by atoms with Gasteiger partial charge in [-0.05, 0) is 29.3 Å². The van der Waals surface area contributed by atoms with Crippen LogP contribution in [0.3, 0.4) is 0 Å². The normalized spacial score (nSPS) is 11.7. The van der Waals surface area contributed by atoms with Gasteiger partial charge in [0.05, 0.1) is 11.0 Å². The number of aromatic amines is 1. The largest absolute Gasteiger partial charge is 0.338 e. The summed E-state index contributed by atoms with van der Waals surface area (Å²) < 4.78 is 0. The molecule has 0 aliphatic carbocycles. The van der Waals surface area contributed by atoms with Crippen LogP contribution in [-0.2, 0) is 0 Å². The molecular formula is C21H16N2. The number of benzene rings is 3. The van der Waals surface area contributed by atoms with Crippen molar-refractivity contribution in [1.29, 1.82) is 0 Å². The van der Waals surface area contributed by atoms with Gasteiger partial charge >= 0.3 is 0 Å². The molecule has 0 atom stereocenters. The van der Waals surface area contributed by atoms with Crippen LogP contribution < -0.4 is 0 Å². The Hall–Kier alpha value is -3.13. The Morgan fingerprint density at radius 2 is 1.39 bits per heavy atom. The fourth-order valence-corrected chi connectivity index (χ4v) is 2.70. The second-order valence-corrected chi connectivity index (χ2v) is 5.44. The standard InChI is InChI=1S/C21H16N2/c1-3-9-16(10-4-1)15-18(17-11-5-2-6-12-17)21-22-19-13-7-8-14-20(19)23-21/h1-15H,(H,22,23)/b18-15-. The zero-order chi connectivity index (χ0) is 15.5. The van der Waals surface area contributed by atoms with Crippen molar-refractivity contribution in [2.75, 3.05) is 0 Å². The highest BCUT2D eigenvalue weighted by atomic mass is 14.9. The van der Waals surface area contributed by atoms with Gasteiger partial charge in [-0.3, -0.25) is 0 Å². The average Bonchev–Trinajstić information content (AvgIpc) is 3.05. The van der Waals surface area contributed by atoms with Crippen LogP contribution >= 0.6 is 0 Å². The number of rotatable bonds is 3. The summed E-state index contributed by atoms with van der Waals surface area (Å²) in [6.07, 6.45) is 2.17. The number of H-pyrrole nitrogens is 1. The molecule has 3 aromatic carbocycles. The van der Waals surface area contributed by atoms with E-state index in [0.717, 1.165) is 33.6 Å². The van der Waals surface area contributed by atoms with Crippen LogP contribution in [0.1, 0.15) is 17.0 Å². The predicted octanol–water partition coefficient (Wildman–Crippen LogP) is 5.15. The quantitative estimate of drug-likeness (QED) is 0.520. The summed E-state index contributed by atoms with van der Waals surface area (Å²) in [5, 5.41) is 0. The van der Waals surface area contributed by atoms with E-state index in [0.29, 0.717) is 0 Å². The van der Waals surface area contributed by atoms with E-state index in [4.69, 9.17) is 4.98 Å². The van der Waals surface area contributed by atoms with Crippen LogP contribution in [0.4, 0.5) is 0 Å². The fourth-order valence-electron chi connectivity index (χ4n) is 2.70. The maximum atomic E-state index is 4.76. The third-order valence-electron chi connectivity index (χ3n) is 3.84. The molecule has 0 aliphatic heterocycles. The molecule has 0 unspecified atom stereocenters. The van der Waals surface area contributed by atoms with Gasteiger partial charge < -0.3 is 4.98 Å². The minimum absolute atomic E-state index is 0.890. The Morgan fingerprint density at radius 1 is 0.739 bits per heavy atom. The summed E-state index contributed by atoms with van der Waals surface area (Å²) in [7, 11) is 0. The first-order valence-corrected chi connectivity index (χ1v) is 7.67. The molecule has 4 aromatic rings. The maximum Gasteiger partial charge on any atom is 0.139 e. The number of nitrogens with one attached hydrogen (secondary N) is 1. The number of imidazole rings is 1. The van der Waals surface area contributed by atoms with Crippen molar-refractivity contribution in [2.24, 2.45) is 0 Å². The molecule has 2 heteroatoms. The molecule has 2 nitrogen and oxygen atoms in total. The molecule has 110 valence electrons. The number of aromatic nitrogens is 2. The van der Waals surface area contributed by atoms with Crippen LogP contribution in [-0.4, -0.2) is 9.97 Å². The highest BCUT2D eigenvalue weighted by Crippen LogP contribution is 2.25. The lowest BCUT2D eigenvalue weighted by molar-refractivity contribution is 1.26. The summed E-state index contributed by atoms with van der Waals surface area (Å²) in [5.74, 6) is 0.890. The van der Waals surface area contributed by atoms with E-state index in [9.17, 15) is 0 Å². The highest BCUT2D eigenvalue weighted by molar-refractivity contribution is 5.91. The van der Waals surface area contributed by atoms with E-state index in [-0.39, 0.29) is 0 Å². The van der Waals surface area contributed by atoms with Gasteiger partial charge in [0.25, 0.3) is 0 Å². The Balaban J connectivity index is 1.90. The van der Waals surface area contributed by atoms with Gasteiger partial charge in [-0.15, -0.1) is 0 Å². The van der Waals surface area contributed by atoms with E-state index < -0.39 is 0 Å². The molecule has 0 amide bonds. The summed E-state index contributed by atoms with van der Waals surface area (Å²) in [5.41, 5.74) is 5.44. The molecule has 23 heavy (non-hydrogen) atoms. The smallest absolute Gasteiger partial charge is 0.139 e. The molecule has 0 fully saturated rings. The van der Waals surface area contributed by atoms with Crippen LogP contribution in [0.5, 0.6) is 0 Å². The molecular weight excluding hydrogens is 280 g/mol. The Morgan fingerprint density at radius 3 is 2.13 bits per heavy atom. The molecule has 1 aromatic heterocycles. The SMILES string of the molecule is C(=C(\c1ccccc1)c1nc2ccccc2[nH]1)/c1ccccc1. The van der Waals surface area contributed by atoms with Gasteiger partial charge in [-0.1, -0.05) is 72.8 Å². The van der Waals surface area contributed by atoms with Crippen molar-refractivity contribution < 1.29 is 0 Å². The van der Waals surface area contributed by atoms with Crippen molar-refractivity contribution in [2.45, 2.75) is 0 Å². The molecule has 0 aliphatic rings. The zero-order valence-electron chi connectivity index (χ0n) is 12.6. The van der Waals surface area contributed by atoms with Gasteiger partial charge in [0.2, 0.25) is 0 Å². The second kappa shape index (κ2) is 5.93. The summed E-state index contributed by atoms with van der Waals surface area (Å²) >= 11 is 0. The van der Waals surface area contributed by atoms with Gasteiger partial charge in [0, 0.05) is 5.57 Å². The van der Waals surface area contributed by atoms with Crippen LogP contribution in [0.25, 0.3) is 22.7 Å². The number of hydrogen-bond donors (Lipinski definition) is 1. The van der Waals surface area contributed by atoms with Gasteiger partial charge in [0.1, 0.15) is 5.82 Å². The zero-order valence-corrected chi connectivity index (χ0v) is 12.6. The number of hydrogen-bond acceptors (Lipinski definition) is 1. The molecule has 0 radical (unpaired) electrons. The van der Waals surface area contributed by atoms with Crippen molar-refractivity contribution in [3.8, 4) is 0 Å². The summed E-state index contributed by atoms with van der Waals surface area (Å²) in [6, 6.07) is 28.8. The van der Waals surface area contributed by atoms with E-state index in [1.165, 1.54) is 0 Å². The average molecular weight is 296 g/mol. The molecule has 0 bridgehead atoms. The van der Waals surface area contributed by atoms with Crippen molar-refractivity contribution in [3.63, 3.8) is 0 Å². The lowest BCUT2D eigenvalue weighted by Gasteiger charge is -2.05. The van der Waals surface area contributed by atoms with Crippen LogP contribution in [0.2, 0.25) is 0 Å². The van der Waals surface area contributed by atoms with Gasteiger partial charge in [-0.2, -0.15) is 0 Å². The van der Waals surface area contributed by atoms with Crippen LogP contribution in [0.15, 0.2) is 84.9 Å². The minimum atomic E-state index is 0.890. The van der Waals surface area contributed by atoms with E-state index in [1.807, 2.05) is 42.5 Å². The number of para-hydroxylation sites is 2. The Kier molecular flexibility index (Phi) is 3.49. The minimum Gasteiger partial charge on any atom is -0.338 e. The highest BCUT2D eigenvalue weighted by Gasteiger charge is 2.10. The third kappa shape index (κ3) is 2.79. The van der Waals surface area contributed by atoms with Crippen LogP contribution in [0, 0.1) is 0 Å². The lowest BCUT2D eigenvalue weighted by atomic mass is 10.0. The fraction of sp³-hybridized carbons (Fsp3) is 0. The van der Waals surface area contributed by atoms with Crippen molar-refractivity contribution in [1.82, 2.24) is 9.97 Å². The van der Waals surface area contributed by atoms with E-state index in [2.05, 4.69) is 53.5 Å². The molecule has 0 spiro atoms. The van der Waals surface area contributed by atoms with E-state index in [1.54, 1.807) is 0 Å². The number of nitrogens with zero attached hydrogens (tertiary/aromatic N) is 1. The predicted molar refractivity (Wildman–Crippen MR) is 96.0 cm³/mol. The van der Waals surface area contributed by atoms with Crippen molar-refractivity contribution in [3.05, 3.63) is 102 Å². The Bertz CT molecular complexity index is 918. The first kappa shape index (κ1) is 13.5. The van der Waals surface area contributed by atoms with Crippen molar-refractivity contribution >= 4 is 22.7 Å². The van der Waals surface area contributed by atoms with E-state index >= 15 is 0 Å². The lowest BCUT2D eigenvalue weighted by Crippen LogP contribution is -1.90. The molecule has 0 saturated heterocycles. The molecule has 0 saturated carbocycles. The Labute approximate surface area is 135 Å². The van der Waals surface area contributed by atoms with Gasteiger partial charge in [0.15, 0.2) is 0 Å². The second-order valence-electron chi connectivity index (χ2n) is 5.44.